The zero-order valence-electron chi connectivity index (χ0n) is 10.2. The Bertz CT molecular complexity index is 646. The van der Waals surface area contributed by atoms with Gasteiger partial charge in [0.2, 0.25) is 0 Å². The first kappa shape index (κ1) is 13.4. The van der Waals surface area contributed by atoms with Gasteiger partial charge in [0.05, 0.1) is 11.4 Å². The van der Waals surface area contributed by atoms with Crippen LogP contribution in [0.15, 0.2) is 22.7 Å². The fourth-order valence-corrected chi connectivity index (χ4v) is 1.68. The van der Waals surface area contributed by atoms with Gasteiger partial charge in [-0.15, -0.1) is 5.10 Å². The lowest BCUT2D eigenvalue weighted by Gasteiger charge is -2.08. The number of aromatic nitrogens is 3. The van der Waals surface area contributed by atoms with Gasteiger partial charge in [0.1, 0.15) is 11.3 Å². The number of aryl methyl sites for hydroxylation is 2. The van der Waals surface area contributed by atoms with E-state index < -0.39 is 5.97 Å². The predicted octanol–water partition coefficient (Wildman–Crippen LogP) is 2.74. The second-order valence-electron chi connectivity index (χ2n) is 3.81. The van der Waals surface area contributed by atoms with Crippen molar-refractivity contribution in [1.29, 1.82) is 0 Å². The molecular formula is C12H10BrN3O3. The normalized spacial score (nSPS) is 10.3. The smallest absolute Gasteiger partial charge is 0.341 e. The molecule has 0 spiro atoms. The van der Waals surface area contributed by atoms with Crippen molar-refractivity contribution in [2.24, 2.45) is 0 Å². The van der Waals surface area contributed by atoms with Crippen LogP contribution >= 0.6 is 15.9 Å². The molecule has 0 aliphatic rings. The number of rotatable bonds is 3. The van der Waals surface area contributed by atoms with E-state index in [0.717, 1.165) is 0 Å². The van der Waals surface area contributed by atoms with E-state index in [-0.39, 0.29) is 17.3 Å². The molecule has 1 aromatic heterocycles. The number of carboxylic acid groups (broad SMARTS) is 1. The van der Waals surface area contributed by atoms with Gasteiger partial charge in [-0.2, -0.15) is 4.98 Å². The summed E-state index contributed by atoms with van der Waals surface area (Å²) in [6.07, 6.45) is 0. The van der Waals surface area contributed by atoms with Gasteiger partial charge in [0.25, 0.3) is 0 Å². The molecule has 7 heteroatoms. The van der Waals surface area contributed by atoms with Gasteiger partial charge in [-0.3, -0.25) is 0 Å². The van der Waals surface area contributed by atoms with Gasteiger partial charge in [0.15, 0.2) is 0 Å². The van der Waals surface area contributed by atoms with E-state index in [4.69, 9.17) is 9.84 Å². The van der Waals surface area contributed by atoms with Crippen molar-refractivity contribution in [2.75, 3.05) is 0 Å². The monoisotopic (exact) mass is 323 g/mol. The van der Waals surface area contributed by atoms with E-state index in [9.17, 15) is 4.79 Å². The van der Waals surface area contributed by atoms with E-state index in [0.29, 0.717) is 15.9 Å². The number of halogens is 1. The van der Waals surface area contributed by atoms with Gasteiger partial charge in [0, 0.05) is 4.47 Å². The highest BCUT2D eigenvalue weighted by atomic mass is 79.9. The topological polar surface area (TPSA) is 85.2 Å². The van der Waals surface area contributed by atoms with Crippen molar-refractivity contribution in [3.63, 3.8) is 0 Å². The van der Waals surface area contributed by atoms with Crippen molar-refractivity contribution >= 4 is 21.9 Å². The molecule has 0 amide bonds. The van der Waals surface area contributed by atoms with Crippen LogP contribution < -0.4 is 4.74 Å². The van der Waals surface area contributed by atoms with Crippen LogP contribution in [0.4, 0.5) is 0 Å². The maximum absolute atomic E-state index is 11.1. The van der Waals surface area contributed by atoms with Gasteiger partial charge in [-0.05, 0) is 32.0 Å². The maximum Gasteiger partial charge on any atom is 0.341 e. The molecular weight excluding hydrogens is 314 g/mol. The Balaban J connectivity index is 2.39. The van der Waals surface area contributed by atoms with Crippen LogP contribution in [0.5, 0.6) is 11.8 Å². The molecule has 0 aliphatic heterocycles. The quantitative estimate of drug-likeness (QED) is 0.934. The first-order valence-electron chi connectivity index (χ1n) is 5.36. The molecule has 2 aromatic rings. The molecule has 0 saturated heterocycles. The molecule has 0 radical (unpaired) electrons. The summed E-state index contributed by atoms with van der Waals surface area (Å²) < 4.78 is 6.09. The van der Waals surface area contributed by atoms with Crippen LogP contribution in [0.2, 0.25) is 0 Å². The first-order chi connectivity index (χ1) is 8.97. The summed E-state index contributed by atoms with van der Waals surface area (Å²) in [6, 6.07) is 4.62. The minimum absolute atomic E-state index is 0.0173. The lowest BCUT2D eigenvalue weighted by Crippen LogP contribution is -2.03. The van der Waals surface area contributed by atoms with E-state index in [1.807, 2.05) is 0 Å². The SMILES string of the molecule is Cc1nnc(Oc2cc(Br)ccc2C(=O)O)nc1C. The largest absolute Gasteiger partial charge is 0.478 e. The fourth-order valence-electron chi connectivity index (χ4n) is 1.34. The summed E-state index contributed by atoms with van der Waals surface area (Å²) in [5, 5.41) is 16.7. The van der Waals surface area contributed by atoms with Crippen LogP contribution in [0.1, 0.15) is 21.7 Å². The Morgan fingerprint density at radius 3 is 2.63 bits per heavy atom. The number of hydrogen-bond acceptors (Lipinski definition) is 5. The van der Waals surface area contributed by atoms with E-state index >= 15 is 0 Å². The number of hydrogen-bond donors (Lipinski definition) is 1. The molecule has 0 saturated carbocycles. The number of carboxylic acids is 1. The molecule has 98 valence electrons. The highest BCUT2D eigenvalue weighted by Crippen LogP contribution is 2.27. The Morgan fingerprint density at radius 2 is 2.00 bits per heavy atom. The molecule has 0 unspecified atom stereocenters. The average molecular weight is 324 g/mol. The minimum Gasteiger partial charge on any atom is -0.478 e. The van der Waals surface area contributed by atoms with E-state index in [1.54, 1.807) is 26.0 Å². The predicted molar refractivity (Wildman–Crippen MR) is 70.5 cm³/mol. The molecule has 0 atom stereocenters. The second kappa shape index (κ2) is 5.31. The first-order valence-corrected chi connectivity index (χ1v) is 6.15. The Kier molecular flexibility index (Phi) is 3.75. The molecule has 1 heterocycles. The van der Waals surface area contributed by atoms with Gasteiger partial charge in [-0.1, -0.05) is 21.0 Å². The van der Waals surface area contributed by atoms with Gasteiger partial charge in [-0.25, -0.2) is 4.79 Å². The molecule has 19 heavy (non-hydrogen) atoms. The molecule has 1 N–H and O–H groups in total. The number of nitrogens with zero attached hydrogens (tertiary/aromatic N) is 3. The van der Waals surface area contributed by atoms with Crippen LogP contribution in [0.3, 0.4) is 0 Å². The Labute approximate surface area is 117 Å². The number of ether oxygens (including phenoxy) is 1. The third-order valence-corrected chi connectivity index (χ3v) is 2.94. The Hall–Kier alpha value is -2.02. The second-order valence-corrected chi connectivity index (χ2v) is 4.73. The summed E-state index contributed by atoms with van der Waals surface area (Å²) in [7, 11) is 0. The van der Waals surface area contributed by atoms with Crippen molar-refractivity contribution < 1.29 is 14.6 Å². The van der Waals surface area contributed by atoms with Crippen LogP contribution in [-0.2, 0) is 0 Å². The lowest BCUT2D eigenvalue weighted by atomic mass is 10.2. The average Bonchev–Trinajstić information content (AvgIpc) is 2.33. The van der Waals surface area contributed by atoms with Crippen molar-refractivity contribution in [3.05, 3.63) is 39.6 Å². The van der Waals surface area contributed by atoms with E-state index in [2.05, 4.69) is 31.1 Å². The van der Waals surface area contributed by atoms with Crippen LogP contribution in [0, 0.1) is 13.8 Å². The summed E-state index contributed by atoms with van der Waals surface area (Å²) >= 11 is 3.26. The summed E-state index contributed by atoms with van der Waals surface area (Å²) in [5.41, 5.74) is 1.40. The highest BCUT2D eigenvalue weighted by Gasteiger charge is 2.14. The van der Waals surface area contributed by atoms with Crippen LogP contribution in [-0.4, -0.2) is 26.3 Å². The van der Waals surface area contributed by atoms with E-state index in [1.165, 1.54) is 6.07 Å². The third-order valence-electron chi connectivity index (χ3n) is 2.45. The number of benzene rings is 1. The standard InChI is InChI=1S/C12H10BrN3O3/c1-6-7(2)15-16-12(14-6)19-10-5-8(13)3-4-9(10)11(17)18/h3-5H,1-2H3,(H,17,18). The summed E-state index contributed by atoms with van der Waals surface area (Å²) in [6.45, 7) is 3.55. The molecule has 6 nitrogen and oxygen atoms in total. The van der Waals surface area contributed by atoms with Crippen molar-refractivity contribution in [2.45, 2.75) is 13.8 Å². The summed E-state index contributed by atoms with van der Waals surface area (Å²) in [5.74, 6) is -0.925. The molecule has 1 aromatic carbocycles. The zero-order chi connectivity index (χ0) is 14.0. The molecule has 0 aliphatic carbocycles. The van der Waals surface area contributed by atoms with Gasteiger partial charge < -0.3 is 9.84 Å². The van der Waals surface area contributed by atoms with Crippen molar-refractivity contribution in [3.8, 4) is 11.8 Å². The lowest BCUT2D eigenvalue weighted by molar-refractivity contribution is 0.0694. The summed E-state index contributed by atoms with van der Waals surface area (Å²) in [4.78, 5) is 15.2. The molecule has 2 rings (SSSR count). The Morgan fingerprint density at radius 1 is 1.26 bits per heavy atom. The van der Waals surface area contributed by atoms with Crippen LogP contribution in [0.25, 0.3) is 0 Å². The highest BCUT2D eigenvalue weighted by molar-refractivity contribution is 9.10. The minimum atomic E-state index is -1.08. The zero-order valence-corrected chi connectivity index (χ0v) is 11.8. The molecule has 0 fully saturated rings. The maximum atomic E-state index is 11.1. The number of carbonyl (C=O) groups is 1. The molecule has 0 bridgehead atoms. The fraction of sp³-hybridized carbons (Fsp3) is 0.167. The third kappa shape index (κ3) is 3.05. The van der Waals surface area contributed by atoms with Crippen molar-refractivity contribution in [1.82, 2.24) is 15.2 Å². The van der Waals surface area contributed by atoms with Gasteiger partial charge >= 0.3 is 12.0 Å². The number of aromatic carboxylic acids is 1.